The molecule has 1 N–H and O–H groups in total. The Morgan fingerprint density at radius 2 is 1.85 bits per heavy atom. The Morgan fingerprint density at radius 3 is 2.55 bits per heavy atom. The molecule has 3 nitrogen and oxygen atoms in total. The molecule has 0 unspecified atom stereocenters. The van der Waals surface area contributed by atoms with Crippen LogP contribution in [-0.2, 0) is 13.0 Å². The van der Waals surface area contributed by atoms with Crippen LogP contribution in [0.3, 0.4) is 0 Å². The predicted octanol–water partition coefficient (Wildman–Crippen LogP) is 3.66. The fraction of sp³-hybridized carbons (Fsp3) is 0.235. The van der Waals surface area contributed by atoms with Crippen molar-refractivity contribution < 1.29 is 5.11 Å². The van der Waals surface area contributed by atoms with Crippen LogP contribution in [0.1, 0.15) is 23.9 Å². The summed E-state index contributed by atoms with van der Waals surface area (Å²) >= 11 is 0. The first-order valence-electron chi connectivity index (χ1n) is 6.92. The smallest absolute Gasteiger partial charge is 0.146 e. The van der Waals surface area contributed by atoms with E-state index in [1.54, 1.807) is 0 Å². The molecule has 1 heterocycles. The fourth-order valence-corrected chi connectivity index (χ4v) is 2.59. The molecule has 0 aliphatic rings. The third-order valence-corrected chi connectivity index (χ3v) is 3.73. The molecular formula is C17H18N2O. The zero-order valence-corrected chi connectivity index (χ0v) is 11.8. The molecule has 0 bridgehead atoms. The molecule has 2 aromatic carbocycles. The Labute approximate surface area is 118 Å². The van der Waals surface area contributed by atoms with Gasteiger partial charge in [0.2, 0.25) is 0 Å². The molecule has 3 heteroatoms. The number of hydrogen-bond acceptors (Lipinski definition) is 2. The van der Waals surface area contributed by atoms with Crippen molar-refractivity contribution in [3.05, 3.63) is 59.4 Å². The minimum absolute atomic E-state index is 0.319. The molecule has 0 aliphatic heterocycles. The number of aromatic hydroxyl groups is 1. The largest absolute Gasteiger partial charge is 0.505 e. The van der Waals surface area contributed by atoms with E-state index in [9.17, 15) is 5.11 Å². The van der Waals surface area contributed by atoms with Crippen LogP contribution in [0.25, 0.3) is 11.0 Å². The maximum Gasteiger partial charge on any atom is 0.146 e. The van der Waals surface area contributed by atoms with Gasteiger partial charge in [0.15, 0.2) is 0 Å². The van der Waals surface area contributed by atoms with Crippen LogP contribution >= 0.6 is 0 Å². The Bertz CT molecular complexity index is 745. The number of phenolic OH excluding ortho intramolecular Hbond substituents is 1. The van der Waals surface area contributed by atoms with Gasteiger partial charge in [-0.25, -0.2) is 4.98 Å². The highest BCUT2D eigenvalue weighted by Crippen LogP contribution is 2.29. The second-order valence-electron chi connectivity index (χ2n) is 5.03. The predicted molar refractivity (Wildman–Crippen MR) is 81.1 cm³/mol. The van der Waals surface area contributed by atoms with Gasteiger partial charge in [-0.1, -0.05) is 43.3 Å². The number of rotatable bonds is 3. The second kappa shape index (κ2) is 5.00. The standard InChI is InChI=1S/C17H18N2O/c1-3-14-9-10-15-16(17(14)20)18-12(2)19(15)11-13-7-5-4-6-8-13/h4-10,20H,3,11H2,1-2H3. The van der Waals surface area contributed by atoms with Crippen molar-refractivity contribution in [3.8, 4) is 5.75 Å². The van der Waals surface area contributed by atoms with Gasteiger partial charge in [0.25, 0.3) is 0 Å². The highest BCUT2D eigenvalue weighted by Gasteiger charge is 2.13. The molecular weight excluding hydrogens is 248 g/mol. The third-order valence-electron chi connectivity index (χ3n) is 3.73. The van der Waals surface area contributed by atoms with Gasteiger partial charge in [0.1, 0.15) is 17.1 Å². The van der Waals surface area contributed by atoms with Crippen molar-refractivity contribution in [1.82, 2.24) is 9.55 Å². The van der Waals surface area contributed by atoms with Crippen molar-refractivity contribution >= 4 is 11.0 Å². The van der Waals surface area contributed by atoms with Crippen LogP contribution in [0.15, 0.2) is 42.5 Å². The lowest BCUT2D eigenvalue weighted by Gasteiger charge is -2.08. The molecule has 3 rings (SSSR count). The number of fused-ring (bicyclic) bond motifs is 1. The molecule has 0 radical (unpaired) electrons. The average Bonchev–Trinajstić information content (AvgIpc) is 2.78. The number of hydrogen-bond donors (Lipinski definition) is 1. The number of aromatic nitrogens is 2. The lowest BCUT2D eigenvalue weighted by molar-refractivity contribution is 0.474. The summed E-state index contributed by atoms with van der Waals surface area (Å²) in [7, 11) is 0. The fourth-order valence-electron chi connectivity index (χ4n) is 2.59. The molecule has 102 valence electrons. The Kier molecular flexibility index (Phi) is 3.18. The summed E-state index contributed by atoms with van der Waals surface area (Å²) in [5.41, 5.74) is 3.87. The molecule has 20 heavy (non-hydrogen) atoms. The normalized spacial score (nSPS) is 11.1. The lowest BCUT2D eigenvalue weighted by atomic mass is 10.1. The van der Waals surface area contributed by atoms with Crippen molar-refractivity contribution in [2.45, 2.75) is 26.8 Å². The summed E-state index contributed by atoms with van der Waals surface area (Å²) in [6, 6.07) is 14.3. The van der Waals surface area contributed by atoms with Crippen LogP contribution in [0, 0.1) is 6.92 Å². The first-order valence-corrected chi connectivity index (χ1v) is 6.92. The van der Waals surface area contributed by atoms with Crippen molar-refractivity contribution in [2.75, 3.05) is 0 Å². The summed E-state index contributed by atoms with van der Waals surface area (Å²) in [6.45, 7) is 4.79. The zero-order valence-electron chi connectivity index (χ0n) is 11.8. The lowest BCUT2D eigenvalue weighted by Crippen LogP contribution is -2.01. The number of nitrogens with zero attached hydrogens (tertiary/aromatic N) is 2. The second-order valence-corrected chi connectivity index (χ2v) is 5.03. The van der Waals surface area contributed by atoms with E-state index in [1.165, 1.54) is 5.56 Å². The molecule has 3 aromatic rings. The van der Waals surface area contributed by atoms with E-state index in [1.807, 2.05) is 38.1 Å². The maximum absolute atomic E-state index is 10.3. The van der Waals surface area contributed by atoms with Crippen molar-refractivity contribution in [2.24, 2.45) is 0 Å². The van der Waals surface area contributed by atoms with Crippen LogP contribution in [0.2, 0.25) is 0 Å². The van der Waals surface area contributed by atoms with E-state index in [4.69, 9.17) is 0 Å². The monoisotopic (exact) mass is 266 g/mol. The van der Waals surface area contributed by atoms with E-state index in [-0.39, 0.29) is 0 Å². The Hall–Kier alpha value is -2.29. The van der Waals surface area contributed by atoms with Gasteiger partial charge in [0.05, 0.1) is 5.52 Å². The molecule has 0 atom stereocenters. The van der Waals surface area contributed by atoms with Gasteiger partial charge in [-0.05, 0) is 30.5 Å². The highest BCUT2D eigenvalue weighted by molar-refractivity contribution is 5.83. The summed E-state index contributed by atoms with van der Waals surface area (Å²) in [6.07, 6.45) is 0.812. The van der Waals surface area contributed by atoms with Gasteiger partial charge in [-0.15, -0.1) is 0 Å². The van der Waals surface area contributed by atoms with E-state index < -0.39 is 0 Å². The summed E-state index contributed by atoms with van der Waals surface area (Å²) in [5, 5.41) is 10.3. The third kappa shape index (κ3) is 2.05. The highest BCUT2D eigenvalue weighted by atomic mass is 16.3. The minimum atomic E-state index is 0.319. The van der Waals surface area contributed by atoms with Crippen molar-refractivity contribution in [3.63, 3.8) is 0 Å². The molecule has 0 saturated heterocycles. The molecule has 0 fully saturated rings. The number of imidazole rings is 1. The summed E-state index contributed by atoms with van der Waals surface area (Å²) < 4.78 is 2.14. The molecule has 1 aromatic heterocycles. The van der Waals surface area contributed by atoms with Crippen LogP contribution in [0.4, 0.5) is 0 Å². The molecule has 0 saturated carbocycles. The van der Waals surface area contributed by atoms with Gasteiger partial charge >= 0.3 is 0 Å². The topological polar surface area (TPSA) is 38.0 Å². The van der Waals surface area contributed by atoms with E-state index in [0.717, 1.165) is 29.9 Å². The summed E-state index contributed by atoms with van der Waals surface area (Å²) in [5.74, 6) is 1.24. The van der Waals surface area contributed by atoms with Gasteiger partial charge in [-0.2, -0.15) is 0 Å². The van der Waals surface area contributed by atoms with Gasteiger partial charge in [0, 0.05) is 6.54 Å². The number of aryl methyl sites for hydroxylation is 2. The minimum Gasteiger partial charge on any atom is -0.505 e. The Morgan fingerprint density at radius 1 is 1.10 bits per heavy atom. The van der Waals surface area contributed by atoms with Gasteiger partial charge in [-0.3, -0.25) is 0 Å². The first kappa shape index (κ1) is 12.7. The average molecular weight is 266 g/mol. The van der Waals surface area contributed by atoms with Crippen LogP contribution < -0.4 is 0 Å². The quantitative estimate of drug-likeness (QED) is 0.785. The van der Waals surface area contributed by atoms with Crippen LogP contribution in [-0.4, -0.2) is 14.7 Å². The zero-order chi connectivity index (χ0) is 14.1. The maximum atomic E-state index is 10.3. The molecule has 0 aliphatic carbocycles. The van der Waals surface area contributed by atoms with Crippen LogP contribution in [0.5, 0.6) is 5.75 Å². The SMILES string of the molecule is CCc1ccc2c(nc(C)n2Cc2ccccc2)c1O. The number of benzene rings is 2. The van der Waals surface area contributed by atoms with Crippen molar-refractivity contribution in [1.29, 1.82) is 0 Å². The number of phenols is 1. The van der Waals surface area contributed by atoms with Gasteiger partial charge < -0.3 is 9.67 Å². The van der Waals surface area contributed by atoms with E-state index in [2.05, 4.69) is 27.8 Å². The molecule has 0 amide bonds. The van der Waals surface area contributed by atoms with E-state index >= 15 is 0 Å². The Balaban J connectivity index is 2.12. The molecule has 0 spiro atoms. The van der Waals surface area contributed by atoms with E-state index in [0.29, 0.717) is 11.3 Å². The summed E-state index contributed by atoms with van der Waals surface area (Å²) in [4.78, 5) is 4.53. The first-order chi connectivity index (χ1) is 9.70.